The Morgan fingerprint density at radius 2 is 1.68 bits per heavy atom. The van der Waals surface area contributed by atoms with E-state index in [0.29, 0.717) is 6.42 Å². The number of carboxylic acids is 2. The van der Waals surface area contributed by atoms with E-state index in [4.69, 9.17) is 9.90 Å². The van der Waals surface area contributed by atoms with E-state index in [0.717, 1.165) is 27.0 Å². The lowest BCUT2D eigenvalue weighted by Gasteiger charge is -2.33. The second-order valence-corrected chi connectivity index (χ2v) is 7.65. The van der Waals surface area contributed by atoms with Gasteiger partial charge in [0.05, 0.1) is 5.54 Å². The zero-order valence-corrected chi connectivity index (χ0v) is 17.4. The van der Waals surface area contributed by atoms with Crippen molar-refractivity contribution in [3.63, 3.8) is 0 Å². The maximum atomic E-state index is 11.3. The average molecular weight is 497 g/mol. The molecule has 1 aromatic heterocycles. The number of carbonyl (C=O) groups is 2. The topological polar surface area (TPSA) is 92.4 Å². The smallest absolute Gasteiger partial charge is 0.481 e. The number of hydrogen-bond acceptors (Lipinski definition) is 3. The Hall–Kier alpha value is -3.14. The van der Waals surface area contributed by atoms with Crippen molar-refractivity contribution < 1.29 is 33.0 Å². The monoisotopic (exact) mass is 496 g/mol. The molecule has 0 spiro atoms. The minimum absolute atomic E-state index is 0.0853. The molecule has 0 amide bonds. The second kappa shape index (κ2) is 8.54. The van der Waals surface area contributed by atoms with Crippen molar-refractivity contribution in [2.24, 2.45) is 0 Å². The number of nitrogens with zero attached hydrogens (tertiary/aromatic N) is 2. The lowest BCUT2D eigenvalue weighted by atomic mass is 9.79. The van der Waals surface area contributed by atoms with Gasteiger partial charge in [-0.1, -0.05) is 52.3 Å². The van der Waals surface area contributed by atoms with Crippen LogP contribution in [0.15, 0.2) is 65.4 Å². The molecule has 1 unspecified atom stereocenters. The highest BCUT2D eigenvalue weighted by Crippen LogP contribution is 2.49. The van der Waals surface area contributed by atoms with Crippen LogP contribution in [-0.2, 0) is 15.1 Å². The van der Waals surface area contributed by atoms with E-state index in [-0.39, 0.29) is 6.42 Å². The molecule has 0 fully saturated rings. The van der Waals surface area contributed by atoms with Crippen LogP contribution < -0.4 is 0 Å². The van der Waals surface area contributed by atoms with Gasteiger partial charge in [-0.15, -0.1) is 0 Å². The summed E-state index contributed by atoms with van der Waals surface area (Å²) >= 11 is 3.48. The normalized spacial score (nSPS) is 16.6. The lowest BCUT2D eigenvalue weighted by Crippen LogP contribution is -2.33. The molecular weight excluding hydrogens is 481 g/mol. The molecule has 1 atom stereocenters. The molecule has 3 aromatic rings. The predicted molar refractivity (Wildman–Crippen MR) is 109 cm³/mol. The van der Waals surface area contributed by atoms with Crippen LogP contribution in [0.3, 0.4) is 0 Å². The molecule has 0 radical (unpaired) electrons. The van der Waals surface area contributed by atoms with E-state index >= 15 is 0 Å². The number of carboxylic acid groups (broad SMARTS) is 2. The lowest BCUT2D eigenvalue weighted by molar-refractivity contribution is -0.192. The number of imidazole rings is 1. The first-order chi connectivity index (χ1) is 14.6. The number of hydrogen-bond donors (Lipinski definition) is 2. The average Bonchev–Trinajstić information content (AvgIpc) is 3.28. The second-order valence-electron chi connectivity index (χ2n) is 6.73. The van der Waals surface area contributed by atoms with Crippen LogP contribution in [0.2, 0.25) is 0 Å². The molecule has 0 saturated carbocycles. The van der Waals surface area contributed by atoms with Crippen molar-refractivity contribution in [2.45, 2.75) is 24.6 Å². The summed E-state index contributed by atoms with van der Waals surface area (Å²) in [6.45, 7) is 0. The van der Waals surface area contributed by atoms with Crippen LogP contribution in [0.1, 0.15) is 24.0 Å². The first-order valence-corrected chi connectivity index (χ1v) is 9.78. The van der Waals surface area contributed by atoms with E-state index in [2.05, 4.69) is 49.7 Å². The Morgan fingerprint density at radius 3 is 2.26 bits per heavy atom. The third-order valence-corrected chi connectivity index (χ3v) is 5.46. The van der Waals surface area contributed by atoms with Gasteiger partial charge < -0.3 is 14.8 Å². The van der Waals surface area contributed by atoms with Gasteiger partial charge in [-0.3, -0.25) is 4.79 Å². The van der Waals surface area contributed by atoms with Gasteiger partial charge in [0.2, 0.25) is 0 Å². The van der Waals surface area contributed by atoms with E-state index < -0.39 is 23.7 Å². The van der Waals surface area contributed by atoms with Gasteiger partial charge in [-0.25, -0.2) is 9.78 Å². The van der Waals surface area contributed by atoms with Crippen LogP contribution >= 0.6 is 15.9 Å². The fourth-order valence-electron chi connectivity index (χ4n) is 3.69. The van der Waals surface area contributed by atoms with Crippen molar-refractivity contribution in [3.8, 4) is 11.4 Å². The summed E-state index contributed by atoms with van der Waals surface area (Å²) in [5.41, 5.74) is 2.70. The molecule has 1 aliphatic rings. The highest BCUT2D eigenvalue weighted by atomic mass is 79.9. The Labute approximate surface area is 183 Å². The van der Waals surface area contributed by atoms with E-state index in [1.807, 2.05) is 30.5 Å². The molecule has 2 heterocycles. The molecule has 1 aliphatic heterocycles. The van der Waals surface area contributed by atoms with Gasteiger partial charge in [0.1, 0.15) is 5.82 Å². The molecule has 2 aromatic carbocycles. The molecule has 162 valence electrons. The maximum Gasteiger partial charge on any atom is 0.490 e. The Bertz CT molecular complexity index is 1110. The fraction of sp³-hybridized carbons (Fsp3) is 0.190. The van der Waals surface area contributed by atoms with Gasteiger partial charge in [0.25, 0.3) is 0 Å². The quantitative estimate of drug-likeness (QED) is 0.534. The molecule has 0 saturated heterocycles. The number of alkyl halides is 3. The zero-order chi connectivity index (χ0) is 22.8. The summed E-state index contributed by atoms with van der Waals surface area (Å²) in [5, 5.41) is 16.4. The minimum Gasteiger partial charge on any atom is -0.481 e. The predicted octanol–water partition coefficient (Wildman–Crippen LogP) is 4.92. The number of fused-ring (bicyclic) bond motifs is 3. The highest BCUT2D eigenvalue weighted by Gasteiger charge is 2.44. The number of aliphatic carboxylic acids is 2. The van der Waals surface area contributed by atoms with Gasteiger partial charge in [0.15, 0.2) is 0 Å². The van der Waals surface area contributed by atoms with Gasteiger partial charge in [0, 0.05) is 28.9 Å². The maximum absolute atomic E-state index is 11.3. The van der Waals surface area contributed by atoms with Crippen LogP contribution in [-0.4, -0.2) is 37.9 Å². The number of aromatic nitrogens is 2. The van der Waals surface area contributed by atoms with Crippen molar-refractivity contribution in [1.29, 1.82) is 0 Å². The Morgan fingerprint density at radius 1 is 1.06 bits per heavy atom. The Balaban J connectivity index is 0.000000339. The number of halogens is 4. The standard InChI is InChI=1S/C19H15BrN2O2.C2HF3O2/c20-14-7-5-13(6-8-14)19(10-9-17(23)24)16-4-2-1-3-15(16)18-21-11-12-22(18)19;3-2(4,5)1(6)7/h1-8,11-12H,9-10H2,(H,23,24);(H,6,7). The summed E-state index contributed by atoms with van der Waals surface area (Å²) in [7, 11) is 0. The van der Waals surface area contributed by atoms with Crippen LogP contribution in [0.25, 0.3) is 11.4 Å². The molecule has 2 N–H and O–H groups in total. The summed E-state index contributed by atoms with van der Waals surface area (Å²) < 4.78 is 34.8. The van der Waals surface area contributed by atoms with Crippen LogP contribution in [0.4, 0.5) is 13.2 Å². The molecule has 0 bridgehead atoms. The molecule has 31 heavy (non-hydrogen) atoms. The van der Waals surface area contributed by atoms with Gasteiger partial charge >= 0.3 is 18.1 Å². The summed E-state index contributed by atoms with van der Waals surface area (Å²) in [4.78, 5) is 24.7. The highest BCUT2D eigenvalue weighted by molar-refractivity contribution is 9.10. The van der Waals surface area contributed by atoms with E-state index in [1.165, 1.54) is 0 Å². The van der Waals surface area contributed by atoms with Gasteiger partial charge in [-0.05, 0) is 29.7 Å². The van der Waals surface area contributed by atoms with Crippen molar-refractivity contribution in [3.05, 3.63) is 76.5 Å². The molecule has 4 rings (SSSR count). The van der Waals surface area contributed by atoms with Crippen LogP contribution in [0, 0.1) is 0 Å². The third-order valence-electron chi connectivity index (χ3n) is 4.93. The SMILES string of the molecule is O=C(O)C(F)(F)F.O=C(O)CCC1(c2ccc(Br)cc2)c2ccccc2-c2nccn21. The minimum atomic E-state index is -5.08. The van der Waals surface area contributed by atoms with Crippen molar-refractivity contribution >= 4 is 27.9 Å². The van der Waals surface area contributed by atoms with Crippen LogP contribution in [0.5, 0.6) is 0 Å². The largest absolute Gasteiger partial charge is 0.490 e. The summed E-state index contributed by atoms with van der Waals surface area (Å²) in [6.07, 6.45) is -0.800. The Kier molecular flexibility index (Phi) is 6.21. The number of rotatable bonds is 4. The molecule has 0 aliphatic carbocycles. The zero-order valence-electron chi connectivity index (χ0n) is 15.8. The first-order valence-electron chi connectivity index (χ1n) is 8.99. The molecule has 6 nitrogen and oxygen atoms in total. The van der Waals surface area contributed by atoms with Crippen molar-refractivity contribution in [2.75, 3.05) is 0 Å². The third kappa shape index (κ3) is 4.34. The van der Waals surface area contributed by atoms with E-state index in [1.54, 1.807) is 6.20 Å². The van der Waals surface area contributed by atoms with Crippen molar-refractivity contribution in [1.82, 2.24) is 9.55 Å². The summed E-state index contributed by atoms with van der Waals surface area (Å²) in [6, 6.07) is 16.2. The molecular formula is C21H16BrF3N2O4. The van der Waals surface area contributed by atoms with Gasteiger partial charge in [-0.2, -0.15) is 13.2 Å². The summed E-state index contributed by atoms with van der Waals surface area (Å²) in [5.74, 6) is -2.66. The fourth-order valence-corrected chi connectivity index (χ4v) is 3.95. The number of benzene rings is 2. The first kappa shape index (κ1) is 22.5. The molecule has 10 heteroatoms. The van der Waals surface area contributed by atoms with E-state index in [9.17, 15) is 23.1 Å².